The zero-order valence-electron chi connectivity index (χ0n) is 9.47. The molecule has 96 valence electrons. The Kier molecular flexibility index (Phi) is 5.33. The summed E-state index contributed by atoms with van der Waals surface area (Å²) < 4.78 is 0. The summed E-state index contributed by atoms with van der Waals surface area (Å²) in [6.07, 6.45) is 0. The number of rotatable bonds is 5. The maximum atomic E-state index is 11.5. The van der Waals surface area contributed by atoms with Crippen LogP contribution in [0.5, 0.6) is 0 Å². The van der Waals surface area contributed by atoms with Crippen molar-refractivity contribution >= 4 is 17.8 Å². The summed E-state index contributed by atoms with van der Waals surface area (Å²) >= 11 is 0. The monoisotopic (exact) mass is 251 g/mol. The Hall–Kier alpha value is -2.41. The summed E-state index contributed by atoms with van der Waals surface area (Å²) in [5.41, 5.74) is 4.78. The lowest BCUT2D eigenvalue weighted by Gasteiger charge is -2.07. The lowest BCUT2D eigenvalue weighted by atomic mass is 10.2. The predicted octanol–water partition coefficient (Wildman–Crippen LogP) is -0.878. The number of carboxylic acids is 1. The first-order chi connectivity index (χ1) is 8.59. The molecular formula is C11H13N3O4. The van der Waals surface area contributed by atoms with Gasteiger partial charge in [-0.3, -0.25) is 30.6 Å². The molecule has 1 aromatic rings. The molecule has 7 nitrogen and oxygen atoms in total. The van der Waals surface area contributed by atoms with Crippen molar-refractivity contribution in [3.8, 4) is 0 Å². The van der Waals surface area contributed by atoms with Crippen molar-refractivity contribution in [2.45, 2.75) is 0 Å². The van der Waals surface area contributed by atoms with Gasteiger partial charge in [0.2, 0.25) is 0 Å². The number of aliphatic carboxylic acids is 1. The van der Waals surface area contributed by atoms with Gasteiger partial charge in [-0.1, -0.05) is 18.2 Å². The minimum Gasteiger partial charge on any atom is -0.480 e. The van der Waals surface area contributed by atoms with Crippen molar-refractivity contribution in [2.24, 2.45) is 0 Å². The molecule has 4 N–H and O–H groups in total. The molecule has 0 aromatic heterocycles. The lowest BCUT2D eigenvalue weighted by Crippen LogP contribution is -2.46. The zero-order valence-corrected chi connectivity index (χ0v) is 9.47. The van der Waals surface area contributed by atoms with Gasteiger partial charge < -0.3 is 5.11 Å². The summed E-state index contributed by atoms with van der Waals surface area (Å²) in [6, 6.07) is 8.37. The second-order valence-corrected chi connectivity index (χ2v) is 3.37. The second-order valence-electron chi connectivity index (χ2n) is 3.37. The fraction of sp³-hybridized carbons (Fsp3) is 0.182. The Bertz CT molecular complexity index is 433. The highest BCUT2D eigenvalue weighted by Crippen LogP contribution is 1.96. The van der Waals surface area contributed by atoms with Gasteiger partial charge in [0.15, 0.2) is 0 Å². The molecule has 0 unspecified atom stereocenters. The van der Waals surface area contributed by atoms with Crippen molar-refractivity contribution < 1.29 is 19.5 Å². The van der Waals surface area contributed by atoms with Crippen LogP contribution in [0.4, 0.5) is 0 Å². The Labute approximate surface area is 103 Å². The molecule has 0 atom stereocenters. The van der Waals surface area contributed by atoms with Gasteiger partial charge >= 0.3 is 5.97 Å². The minimum atomic E-state index is -1.06. The number of carboxylic acid groups (broad SMARTS) is 1. The number of hydrogen-bond acceptors (Lipinski definition) is 4. The van der Waals surface area contributed by atoms with Crippen molar-refractivity contribution in [1.29, 1.82) is 0 Å². The van der Waals surface area contributed by atoms with E-state index in [-0.39, 0.29) is 13.1 Å². The van der Waals surface area contributed by atoms with Crippen LogP contribution in [0.25, 0.3) is 0 Å². The first-order valence-electron chi connectivity index (χ1n) is 5.16. The van der Waals surface area contributed by atoms with Gasteiger partial charge in [0.1, 0.15) is 0 Å². The van der Waals surface area contributed by atoms with Gasteiger partial charge in [-0.2, -0.15) is 0 Å². The quantitative estimate of drug-likeness (QED) is 0.508. The van der Waals surface area contributed by atoms with E-state index in [2.05, 4.69) is 16.2 Å². The third kappa shape index (κ3) is 5.08. The Morgan fingerprint density at radius 2 is 1.67 bits per heavy atom. The van der Waals surface area contributed by atoms with Crippen LogP contribution in [0.2, 0.25) is 0 Å². The topological polar surface area (TPSA) is 108 Å². The third-order valence-corrected chi connectivity index (χ3v) is 1.91. The van der Waals surface area contributed by atoms with Crippen LogP contribution in [0, 0.1) is 0 Å². The maximum absolute atomic E-state index is 11.5. The Balaban J connectivity index is 2.26. The first-order valence-corrected chi connectivity index (χ1v) is 5.16. The van der Waals surface area contributed by atoms with Gasteiger partial charge in [-0.05, 0) is 12.1 Å². The highest BCUT2D eigenvalue weighted by atomic mass is 16.4. The molecule has 0 aliphatic rings. The Morgan fingerprint density at radius 1 is 1.00 bits per heavy atom. The minimum absolute atomic E-state index is 0.193. The van der Waals surface area contributed by atoms with Gasteiger partial charge in [-0.15, -0.1) is 0 Å². The molecule has 2 amide bonds. The van der Waals surface area contributed by atoms with E-state index in [4.69, 9.17) is 5.11 Å². The molecule has 0 saturated carbocycles. The van der Waals surface area contributed by atoms with Crippen LogP contribution in [0.15, 0.2) is 30.3 Å². The molecule has 7 heteroatoms. The van der Waals surface area contributed by atoms with E-state index in [1.807, 2.05) is 0 Å². The number of amides is 2. The van der Waals surface area contributed by atoms with Crippen molar-refractivity contribution in [3.05, 3.63) is 35.9 Å². The molecule has 0 fully saturated rings. The molecular weight excluding hydrogens is 238 g/mol. The normalized spacial score (nSPS) is 9.56. The number of hydrogen-bond donors (Lipinski definition) is 4. The molecule has 0 radical (unpaired) electrons. The van der Waals surface area contributed by atoms with Crippen LogP contribution < -0.4 is 16.2 Å². The first kappa shape index (κ1) is 13.7. The van der Waals surface area contributed by atoms with Crippen molar-refractivity contribution in [1.82, 2.24) is 16.2 Å². The predicted molar refractivity (Wildman–Crippen MR) is 62.6 cm³/mol. The molecule has 0 bridgehead atoms. The standard InChI is InChI=1S/C11H13N3O4/c15-9(6-12-7-10(16)17)13-14-11(18)8-4-2-1-3-5-8/h1-5,12H,6-7H2,(H,13,15)(H,14,18)(H,16,17). The molecule has 0 spiro atoms. The summed E-state index contributed by atoms with van der Waals surface area (Å²) in [6.45, 7) is -0.512. The highest BCUT2D eigenvalue weighted by Gasteiger charge is 2.06. The summed E-state index contributed by atoms with van der Waals surface area (Å²) in [7, 11) is 0. The average Bonchev–Trinajstić information content (AvgIpc) is 2.36. The van der Waals surface area contributed by atoms with E-state index >= 15 is 0 Å². The highest BCUT2D eigenvalue weighted by molar-refractivity contribution is 5.95. The van der Waals surface area contributed by atoms with Crippen molar-refractivity contribution in [2.75, 3.05) is 13.1 Å². The van der Waals surface area contributed by atoms with Gasteiger partial charge in [-0.25, -0.2) is 0 Å². The van der Waals surface area contributed by atoms with Gasteiger partial charge in [0.05, 0.1) is 13.1 Å². The van der Waals surface area contributed by atoms with E-state index in [0.29, 0.717) is 5.56 Å². The van der Waals surface area contributed by atoms with E-state index in [0.717, 1.165) is 0 Å². The SMILES string of the molecule is O=C(O)CNCC(=O)NNC(=O)c1ccccc1. The number of nitrogens with one attached hydrogen (secondary N) is 3. The third-order valence-electron chi connectivity index (χ3n) is 1.91. The molecule has 0 heterocycles. The summed E-state index contributed by atoms with van der Waals surface area (Å²) in [5.74, 6) is -2.03. The summed E-state index contributed by atoms with van der Waals surface area (Å²) in [5, 5.41) is 10.7. The molecule has 0 aliphatic heterocycles. The van der Waals surface area contributed by atoms with E-state index < -0.39 is 17.8 Å². The molecule has 1 aromatic carbocycles. The number of carbonyl (C=O) groups excluding carboxylic acids is 2. The van der Waals surface area contributed by atoms with E-state index in [1.165, 1.54) is 0 Å². The molecule has 0 aliphatic carbocycles. The smallest absolute Gasteiger partial charge is 0.317 e. The lowest BCUT2D eigenvalue weighted by molar-refractivity contribution is -0.136. The molecule has 1 rings (SSSR count). The van der Waals surface area contributed by atoms with Gasteiger partial charge in [0, 0.05) is 5.56 Å². The van der Waals surface area contributed by atoms with Gasteiger partial charge in [0.25, 0.3) is 11.8 Å². The number of carbonyl (C=O) groups is 3. The number of benzene rings is 1. The van der Waals surface area contributed by atoms with E-state index in [9.17, 15) is 14.4 Å². The van der Waals surface area contributed by atoms with Crippen LogP contribution in [-0.4, -0.2) is 36.0 Å². The van der Waals surface area contributed by atoms with Crippen LogP contribution >= 0.6 is 0 Å². The largest absolute Gasteiger partial charge is 0.480 e. The average molecular weight is 251 g/mol. The zero-order chi connectivity index (χ0) is 13.4. The fourth-order valence-electron chi connectivity index (χ4n) is 1.12. The maximum Gasteiger partial charge on any atom is 0.317 e. The summed E-state index contributed by atoms with van der Waals surface area (Å²) in [4.78, 5) is 32.8. The van der Waals surface area contributed by atoms with Crippen LogP contribution in [0.1, 0.15) is 10.4 Å². The second kappa shape index (κ2) is 7.02. The molecule has 0 saturated heterocycles. The molecule has 18 heavy (non-hydrogen) atoms. The number of hydrazine groups is 1. The van der Waals surface area contributed by atoms with Crippen LogP contribution in [-0.2, 0) is 9.59 Å². The van der Waals surface area contributed by atoms with E-state index in [1.54, 1.807) is 30.3 Å². The van der Waals surface area contributed by atoms with Crippen LogP contribution in [0.3, 0.4) is 0 Å². The fourth-order valence-corrected chi connectivity index (χ4v) is 1.12. The Morgan fingerprint density at radius 3 is 2.28 bits per heavy atom. The van der Waals surface area contributed by atoms with Crippen molar-refractivity contribution in [3.63, 3.8) is 0 Å².